The van der Waals surface area contributed by atoms with Gasteiger partial charge in [-0.25, -0.2) is 4.79 Å². The lowest BCUT2D eigenvalue weighted by Gasteiger charge is -2.17. The Balaban J connectivity index is 2.04. The molecule has 0 fully saturated rings. The van der Waals surface area contributed by atoms with E-state index in [0.717, 1.165) is 5.56 Å². The van der Waals surface area contributed by atoms with Gasteiger partial charge in [-0.1, -0.05) is 30.3 Å². The van der Waals surface area contributed by atoms with Crippen molar-refractivity contribution in [1.29, 1.82) is 0 Å². The topological polar surface area (TPSA) is 61.8 Å². The molecule has 0 aromatic heterocycles. The molecule has 0 N–H and O–H groups in total. The Labute approximate surface area is 142 Å². The first-order valence-electron chi connectivity index (χ1n) is 7.80. The largest absolute Gasteiger partial charge is 0.423 e. The molecule has 0 atom stereocenters. The number of rotatable bonds is 8. The quantitative estimate of drug-likeness (QED) is 0.394. The molecule has 0 aliphatic carbocycles. The molecule has 0 heterocycles. The maximum absolute atomic E-state index is 12.5. The molecule has 6 heteroatoms. The summed E-state index contributed by atoms with van der Waals surface area (Å²) in [7, 11) is -3.15. The van der Waals surface area contributed by atoms with Crippen molar-refractivity contribution in [3.05, 3.63) is 65.7 Å². The fraction of sp³-hybridized carbons (Fsp3) is 0.278. The average Bonchev–Trinajstić information content (AvgIpc) is 2.56. The Kier molecular flexibility index (Phi) is 6.73. The zero-order valence-electron chi connectivity index (χ0n) is 13.8. The van der Waals surface area contributed by atoms with Gasteiger partial charge in [0.05, 0.1) is 24.9 Å². The molecule has 2 rings (SSSR count). The van der Waals surface area contributed by atoms with Crippen LogP contribution in [0.3, 0.4) is 0 Å². The van der Waals surface area contributed by atoms with Crippen LogP contribution in [0.2, 0.25) is 0 Å². The molecule has 0 saturated heterocycles. The normalized spacial score (nSPS) is 11.2. The van der Waals surface area contributed by atoms with Crippen molar-refractivity contribution in [2.75, 3.05) is 13.2 Å². The first-order valence-corrected chi connectivity index (χ1v) is 9.53. The van der Waals surface area contributed by atoms with Gasteiger partial charge in [0, 0.05) is 0 Å². The van der Waals surface area contributed by atoms with Crippen molar-refractivity contribution in [3.63, 3.8) is 0 Å². The molecule has 128 valence electrons. The monoisotopic (exact) mass is 348 g/mol. The molecule has 0 amide bonds. The highest BCUT2D eigenvalue weighted by atomic mass is 31.2. The Morgan fingerprint density at radius 1 is 0.917 bits per heavy atom. The third-order valence-corrected chi connectivity index (χ3v) is 5.23. The summed E-state index contributed by atoms with van der Waals surface area (Å²) in [5, 5.41) is 0. The van der Waals surface area contributed by atoms with Gasteiger partial charge < -0.3 is 13.8 Å². The van der Waals surface area contributed by atoms with Crippen molar-refractivity contribution >= 4 is 13.6 Å². The van der Waals surface area contributed by atoms with E-state index in [1.807, 2.05) is 6.07 Å². The highest BCUT2D eigenvalue weighted by molar-refractivity contribution is 7.53. The van der Waals surface area contributed by atoms with Crippen LogP contribution in [0.15, 0.2) is 54.6 Å². The summed E-state index contributed by atoms with van der Waals surface area (Å²) in [5.74, 6) is 0.0503. The van der Waals surface area contributed by atoms with Crippen LogP contribution in [0.5, 0.6) is 5.75 Å². The third-order valence-electron chi connectivity index (χ3n) is 3.17. The standard InChI is InChI=1S/C18H21O5P/c1-3-21-24(20,22-4-2)14-15-10-12-16(13-11-15)18(19)23-17-8-6-5-7-9-17/h5-13H,3-4,14H2,1-2H3. The smallest absolute Gasteiger partial charge is 0.343 e. The van der Waals surface area contributed by atoms with E-state index in [4.69, 9.17) is 13.8 Å². The zero-order chi connectivity index (χ0) is 17.4. The van der Waals surface area contributed by atoms with Crippen LogP contribution in [0, 0.1) is 0 Å². The number of carbonyl (C=O) groups excluding carboxylic acids is 1. The molecule has 24 heavy (non-hydrogen) atoms. The Morgan fingerprint density at radius 2 is 1.50 bits per heavy atom. The summed E-state index contributed by atoms with van der Waals surface area (Å²) in [6, 6.07) is 15.6. The predicted octanol–water partition coefficient (Wildman–Crippen LogP) is 4.67. The van der Waals surface area contributed by atoms with E-state index in [2.05, 4.69) is 0 Å². The van der Waals surface area contributed by atoms with E-state index in [1.54, 1.807) is 62.4 Å². The molecule has 0 unspecified atom stereocenters. The van der Waals surface area contributed by atoms with Crippen molar-refractivity contribution in [1.82, 2.24) is 0 Å². The van der Waals surface area contributed by atoms with Crippen molar-refractivity contribution in [2.45, 2.75) is 20.0 Å². The van der Waals surface area contributed by atoms with Crippen LogP contribution in [-0.2, 0) is 19.8 Å². The van der Waals surface area contributed by atoms with E-state index in [9.17, 15) is 9.36 Å². The predicted molar refractivity (Wildman–Crippen MR) is 92.4 cm³/mol. The van der Waals surface area contributed by atoms with Crippen LogP contribution in [0.4, 0.5) is 0 Å². The molecule has 5 nitrogen and oxygen atoms in total. The van der Waals surface area contributed by atoms with E-state index in [1.165, 1.54) is 0 Å². The Hall–Kier alpha value is -1.94. The molecule has 2 aromatic rings. The fourth-order valence-corrected chi connectivity index (χ4v) is 3.85. The lowest BCUT2D eigenvalue weighted by atomic mass is 10.1. The van der Waals surface area contributed by atoms with Crippen LogP contribution >= 0.6 is 7.60 Å². The number of benzene rings is 2. The minimum atomic E-state index is -3.15. The second-order valence-electron chi connectivity index (χ2n) is 5.00. The van der Waals surface area contributed by atoms with Crippen molar-refractivity contribution < 1.29 is 23.1 Å². The number of carbonyl (C=O) groups is 1. The van der Waals surface area contributed by atoms with E-state index < -0.39 is 13.6 Å². The van der Waals surface area contributed by atoms with Crippen molar-refractivity contribution in [3.8, 4) is 5.75 Å². The second kappa shape index (κ2) is 8.78. The summed E-state index contributed by atoms with van der Waals surface area (Å²) >= 11 is 0. The van der Waals surface area contributed by atoms with Gasteiger partial charge in [-0.05, 0) is 43.7 Å². The molecular formula is C18H21O5P. The minimum absolute atomic E-state index is 0.169. The van der Waals surface area contributed by atoms with Crippen LogP contribution in [0.1, 0.15) is 29.8 Å². The van der Waals surface area contributed by atoms with E-state index in [0.29, 0.717) is 24.5 Å². The first-order chi connectivity index (χ1) is 11.6. The Morgan fingerprint density at radius 3 is 2.04 bits per heavy atom. The molecule has 0 bridgehead atoms. The van der Waals surface area contributed by atoms with E-state index >= 15 is 0 Å². The molecular weight excluding hydrogens is 327 g/mol. The molecule has 0 spiro atoms. The SMILES string of the molecule is CCOP(=O)(Cc1ccc(C(=O)Oc2ccccc2)cc1)OCC. The number of hydrogen-bond donors (Lipinski definition) is 0. The maximum Gasteiger partial charge on any atom is 0.343 e. The molecule has 0 aliphatic heterocycles. The molecule has 0 saturated carbocycles. The van der Waals surface area contributed by atoms with Gasteiger partial charge in [0.25, 0.3) is 0 Å². The highest BCUT2D eigenvalue weighted by Crippen LogP contribution is 2.51. The summed E-state index contributed by atoms with van der Waals surface area (Å²) in [6.45, 7) is 4.18. The second-order valence-corrected chi connectivity index (χ2v) is 7.06. The number of para-hydroxylation sites is 1. The van der Waals surface area contributed by atoms with Gasteiger partial charge in [0.15, 0.2) is 0 Å². The summed E-state index contributed by atoms with van der Waals surface area (Å²) < 4.78 is 28.3. The van der Waals surface area contributed by atoms with Crippen LogP contribution < -0.4 is 4.74 Å². The average molecular weight is 348 g/mol. The molecule has 0 aliphatic rings. The van der Waals surface area contributed by atoms with Crippen LogP contribution in [-0.4, -0.2) is 19.2 Å². The minimum Gasteiger partial charge on any atom is -0.423 e. The zero-order valence-corrected chi connectivity index (χ0v) is 14.7. The summed E-state index contributed by atoms with van der Waals surface area (Å²) in [5.41, 5.74) is 1.20. The van der Waals surface area contributed by atoms with E-state index in [-0.39, 0.29) is 6.16 Å². The molecule has 0 radical (unpaired) electrons. The van der Waals surface area contributed by atoms with Gasteiger partial charge in [-0.2, -0.15) is 0 Å². The number of ether oxygens (including phenoxy) is 1. The summed E-state index contributed by atoms with van der Waals surface area (Å²) in [6.07, 6.45) is 0.169. The van der Waals surface area contributed by atoms with Gasteiger partial charge in [0.1, 0.15) is 5.75 Å². The lowest BCUT2D eigenvalue weighted by molar-refractivity contribution is 0.0734. The third kappa shape index (κ3) is 5.31. The van der Waals surface area contributed by atoms with Crippen molar-refractivity contribution in [2.24, 2.45) is 0 Å². The number of esters is 1. The first kappa shape index (κ1) is 18.4. The highest BCUT2D eigenvalue weighted by Gasteiger charge is 2.24. The summed E-state index contributed by atoms with van der Waals surface area (Å²) in [4.78, 5) is 12.1. The van der Waals surface area contributed by atoms with Gasteiger partial charge in [0.2, 0.25) is 0 Å². The van der Waals surface area contributed by atoms with Crippen LogP contribution in [0.25, 0.3) is 0 Å². The Bertz CT molecular complexity index is 687. The molecule has 2 aromatic carbocycles. The van der Waals surface area contributed by atoms with Gasteiger partial charge in [-0.15, -0.1) is 0 Å². The number of hydrogen-bond acceptors (Lipinski definition) is 5. The van der Waals surface area contributed by atoms with Gasteiger partial charge in [-0.3, -0.25) is 4.57 Å². The fourth-order valence-electron chi connectivity index (χ4n) is 2.15. The maximum atomic E-state index is 12.5. The lowest BCUT2D eigenvalue weighted by Crippen LogP contribution is -2.08. The van der Waals surface area contributed by atoms with Gasteiger partial charge >= 0.3 is 13.6 Å².